The molecule has 0 amide bonds. The first-order valence-corrected chi connectivity index (χ1v) is 13.4. The Labute approximate surface area is 196 Å². The van der Waals surface area contributed by atoms with Crippen LogP contribution in [0.1, 0.15) is 98.8 Å². The molecular weight excluding hydrogens is 396 g/mol. The van der Waals surface area contributed by atoms with Crippen molar-refractivity contribution in [2.75, 3.05) is 0 Å². The third kappa shape index (κ3) is 3.75. The van der Waals surface area contributed by atoms with E-state index in [1.807, 2.05) is 6.08 Å². The summed E-state index contributed by atoms with van der Waals surface area (Å²) in [5.41, 5.74) is 1.70. The van der Waals surface area contributed by atoms with E-state index in [-0.39, 0.29) is 12.0 Å². The Morgan fingerprint density at radius 1 is 1.16 bits per heavy atom. The maximum absolute atomic E-state index is 10.3. The molecule has 0 aliphatic heterocycles. The molecule has 1 unspecified atom stereocenters. The summed E-state index contributed by atoms with van der Waals surface area (Å²) in [5, 5.41) is 19.9. The van der Waals surface area contributed by atoms with Gasteiger partial charge >= 0.3 is 0 Å². The smallest absolute Gasteiger partial charge is 0.123 e. The molecule has 2 N–H and O–H groups in total. The average Bonchev–Trinajstić information content (AvgIpc) is 3.12. The number of aliphatic hydroxyl groups is 1. The predicted molar refractivity (Wildman–Crippen MR) is 131 cm³/mol. The summed E-state index contributed by atoms with van der Waals surface area (Å²) in [7, 11) is 0. The van der Waals surface area contributed by atoms with Gasteiger partial charge in [-0.3, -0.25) is 5.26 Å². The average molecular weight is 445 g/mol. The van der Waals surface area contributed by atoms with Gasteiger partial charge in [-0.2, -0.15) is 0 Å². The molecule has 0 saturated heterocycles. The van der Waals surface area contributed by atoms with Gasteiger partial charge in [0.05, 0.1) is 6.10 Å². The summed E-state index contributed by atoms with van der Waals surface area (Å²) in [5.74, 6) is 4.05. The van der Waals surface area contributed by atoms with E-state index in [1.54, 1.807) is 5.57 Å². The van der Waals surface area contributed by atoms with Crippen molar-refractivity contribution in [3.63, 3.8) is 0 Å². The molecule has 0 aromatic heterocycles. The molecule has 4 aliphatic rings. The quantitative estimate of drug-likeness (QED) is 0.244. The summed E-state index contributed by atoms with van der Waals surface area (Å²) >= 11 is 0. The molecule has 32 heavy (non-hydrogen) atoms. The number of aliphatic hydroxyl groups excluding tert-OH is 1. The Bertz CT molecular complexity index is 728. The van der Waals surface area contributed by atoms with Gasteiger partial charge in [-0.1, -0.05) is 52.3 Å². The molecule has 0 heterocycles. The predicted octanol–water partition coefficient (Wildman–Crippen LogP) is 7.41. The third-order valence-corrected chi connectivity index (χ3v) is 11.3. The lowest BCUT2D eigenvalue weighted by Gasteiger charge is -2.58. The monoisotopic (exact) mass is 444 g/mol. The second-order valence-corrected chi connectivity index (χ2v) is 12.8. The van der Waals surface area contributed by atoms with Gasteiger partial charge in [0.25, 0.3) is 0 Å². The van der Waals surface area contributed by atoms with Crippen molar-refractivity contribution in [3.8, 4) is 0 Å². The molecular formula is C29H48O3. The van der Waals surface area contributed by atoms with Gasteiger partial charge in [0, 0.05) is 0 Å². The highest BCUT2D eigenvalue weighted by atomic mass is 17.1. The number of hydrogen-bond acceptors (Lipinski definition) is 3. The van der Waals surface area contributed by atoms with Gasteiger partial charge < -0.3 is 5.11 Å². The van der Waals surface area contributed by atoms with Crippen LogP contribution in [-0.2, 0) is 4.89 Å². The fourth-order valence-corrected chi connectivity index (χ4v) is 9.09. The third-order valence-electron chi connectivity index (χ3n) is 11.3. The zero-order chi connectivity index (χ0) is 23.3. The highest BCUT2D eigenvalue weighted by Crippen LogP contribution is 2.67. The zero-order valence-electron chi connectivity index (χ0n) is 21.3. The molecule has 0 spiro atoms. The van der Waals surface area contributed by atoms with Crippen molar-refractivity contribution in [3.05, 3.63) is 24.3 Å². The first kappa shape index (κ1) is 24.5. The minimum Gasteiger partial charge on any atom is -0.393 e. The van der Waals surface area contributed by atoms with E-state index in [1.165, 1.54) is 38.5 Å². The van der Waals surface area contributed by atoms with E-state index >= 15 is 0 Å². The van der Waals surface area contributed by atoms with Gasteiger partial charge in [0.2, 0.25) is 0 Å². The van der Waals surface area contributed by atoms with Crippen LogP contribution >= 0.6 is 0 Å². The summed E-state index contributed by atoms with van der Waals surface area (Å²) in [6, 6.07) is 0. The van der Waals surface area contributed by atoms with E-state index < -0.39 is 5.60 Å². The topological polar surface area (TPSA) is 49.7 Å². The number of hydrogen-bond donors (Lipinski definition) is 2. The van der Waals surface area contributed by atoms with Crippen LogP contribution in [0.5, 0.6) is 0 Å². The van der Waals surface area contributed by atoms with E-state index in [9.17, 15) is 10.4 Å². The van der Waals surface area contributed by atoms with Crippen LogP contribution in [0.4, 0.5) is 0 Å². The molecule has 0 aromatic rings. The molecule has 182 valence electrons. The van der Waals surface area contributed by atoms with Crippen molar-refractivity contribution in [1.82, 2.24) is 0 Å². The molecule has 0 aromatic carbocycles. The lowest BCUT2D eigenvalue weighted by Crippen LogP contribution is -2.50. The standard InChI is InChI=1S/C29H48O3/c1-7-29(32-31,19(2)3)17-12-20(4)24-10-11-25-23-9-8-21-18-22(30)13-15-27(21,5)26(23)14-16-28(24,25)6/h7-8,19-20,22-26,30-31H,1,9-18H2,2-6H3/t20-,22+,23+,24-,25+,26+,27+,28-,29?/m1/s1. The maximum Gasteiger partial charge on any atom is 0.123 e. The molecule has 3 fully saturated rings. The van der Waals surface area contributed by atoms with Gasteiger partial charge in [-0.25, -0.2) is 4.89 Å². The second-order valence-electron chi connectivity index (χ2n) is 12.8. The second kappa shape index (κ2) is 8.86. The Kier molecular flexibility index (Phi) is 6.78. The minimum atomic E-state index is -0.629. The summed E-state index contributed by atoms with van der Waals surface area (Å²) in [6.07, 6.45) is 15.9. The van der Waals surface area contributed by atoms with Gasteiger partial charge in [-0.05, 0) is 111 Å². The van der Waals surface area contributed by atoms with Crippen molar-refractivity contribution < 1.29 is 15.3 Å². The number of fused-ring (bicyclic) bond motifs is 5. The Morgan fingerprint density at radius 2 is 1.91 bits per heavy atom. The normalized spacial score (nSPS) is 44.1. The van der Waals surface area contributed by atoms with Crippen molar-refractivity contribution >= 4 is 0 Å². The molecule has 9 atom stereocenters. The van der Waals surface area contributed by atoms with E-state index in [2.05, 4.69) is 47.3 Å². The summed E-state index contributed by atoms with van der Waals surface area (Å²) < 4.78 is 0. The molecule has 4 rings (SSSR count). The van der Waals surface area contributed by atoms with Crippen molar-refractivity contribution in [2.24, 2.45) is 46.3 Å². The van der Waals surface area contributed by atoms with Gasteiger partial charge in [-0.15, -0.1) is 6.58 Å². The molecule has 3 saturated carbocycles. The molecule has 0 radical (unpaired) electrons. The molecule has 3 nitrogen and oxygen atoms in total. The highest BCUT2D eigenvalue weighted by Gasteiger charge is 2.59. The molecule has 0 bridgehead atoms. The van der Waals surface area contributed by atoms with Crippen LogP contribution in [0.15, 0.2) is 24.3 Å². The fraction of sp³-hybridized carbons (Fsp3) is 0.862. The fourth-order valence-electron chi connectivity index (χ4n) is 9.09. The number of allylic oxidation sites excluding steroid dienone is 1. The van der Waals surface area contributed by atoms with E-state index in [0.29, 0.717) is 16.7 Å². The lowest BCUT2D eigenvalue weighted by molar-refractivity contribution is -0.321. The van der Waals surface area contributed by atoms with Gasteiger partial charge in [0.1, 0.15) is 5.60 Å². The van der Waals surface area contributed by atoms with Crippen LogP contribution < -0.4 is 0 Å². The van der Waals surface area contributed by atoms with Crippen LogP contribution in [0.2, 0.25) is 0 Å². The molecule has 3 heteroatoms. The SMILES string of the molecule is C=CC(CC[C@@H](C)[C@H]1CC[C@H]2[C@@H]3CC=C4C[C@@H](O)CC[C@]4(C)[C@H]3CC[C@]12C)(OO)C(C)C. The lowest BCUT2D eigenvalue weighted by atomic mass is 9.47. The highest BCUT2D eigenvalue weighted by molar-refractivity contribution is 5.25. The van der Waals surface area contributed by atoms with Crippen LogP contribution in [0.25, 0.3) is 0 Å². The van der Waals surface area contributed by atoms with Crippen LogP contribution in [-0.4, -0.2) is 22.1 Å². The van der Waals surface area contributed by atoms with Gasteiger partial charge in [0.15, 0.2) is 0 Å². The Morgan fingerprint density at radius 3 is 2.56 bits per heavy atom. The summed E-state index contributed by atoms with van der Waals surface area (Å²) in [6.45, 7) is 15.7. The van der Waals surface area contributed by atoms with Crippen LogP contribution in [0.3, 0.4) is 0 Å². The Hall–Kier alpha value is -0.640. The van der Waals surface area contributed by atoms with Crippen molar-refractivity contribution in [1.29, 1.82) is 0 Å². The Balaban J connectivity index is 1.49. The maximum atomic E-state index is 10.3. The first-order chi connectivity index (χ1) is 15.1. The van der Waals surface area contributed by atoms with Crippen molar-refractivity contribution in [2.45, 2.75) is 111 Å². The van der Waals surface area contributed by atoms with Crippen LogP contribution in [0, 0.1) is 46.3 Å². The van der Waals surface area contributed by atoms with E-state index in [0.717, 1.165) is 49.4 Å². The number of rotatable bonds is 7. The summed E-state index contributed by atoms with van der Waals surface area (Å²) in [4.78, 5) is 4.99. The largest absolute Gasteiger partial charge is 0.393 e. The minimum absolute atomic E-state index is 0.118. The zero-order valence-corrected chi connectivity index (χ0v) is 21.3. The first-order valence-electron chi connectivity index (χ1n) is 13.4. The van der Waals surface area contributed by atoms with E-state index in [4.69, 9.17) is 4.89 Å². The molecule has 4 aliphatic carbocycles.